The number of hydrogen-bond acceptors (Lipinski definition) is 4. The van der Waals surface area contributed by atoms with E-state index in [4.69, 9.17) is 0 Å². The van der Waals surface area contributed by atoms with Crippen LogP contribution in [-0.2, 0) is 10.2 Å². The lowest BCUT2D eigenvalue weighted by Gasteiger charge is -2.52. The molecule has 1 fully saturated rings. The largest absolute Gasteiger partial charge is 0.508 e. The van der Waals surface area contributed by atoms with Crippen molar-refractivity contribution < 1.29 is 19.8 Å². The third kappa shape index (κ3) is 2.23. The second-order valence-electron chi connectivity index (χ2n) is 8.28. The molecule has 0 bridgehead atoms. The molecule has 3 unspecified atom stereocenters. The average Bonchev–Trinajstić information content (AvgIpc) is 2.53. The summed E-state index contributed by atoms with van der Waals surface area (Å²) < 4.78 is 0. The van der Waals surface area contributed by atoms with E-state index in [0.717, 1.165) is 5.56 Å². The van der Waals surface area contributed by atoms with Gasteiger partial charge < -0.3 is 10.2 Å². The van der Waals surface area contributed by atoms with Crippen LogP contribution >= 0.6 is 0 Å². The number of aliphatic hydroxyl groups excluding tert-OH is 1. The summed E-state index contributed by atoms with van der Waals surface area (Å²) in [4.78, 5) is 25.2. The number of aliphatic hydroxyl groups is 1. The topological polar surface area (TPSA) is 74.6 Å². The number of aromatic hydroxyl groups is 1. The van der Waals surface area contributed by atoms with Crippen LogP contribution in [0.2, 0.25) is 0 Å². The van der Waals surface area contributed by atoms with Crippen molar-refractivity contribution in [3.05, 3.63) is 28.8 Å². The maximum absolute atomic E-state index is 12.8. The molecule has 3 rings (SSSR count). The van der Waals surface area contributed by atoms with E-state index in [0.29, 0.717) is 30.4 Å². The van der Waals surface area contributed by atoms with Crippen LogP contribution in [0.25, 0.3) is 0 Å². The first-order valence-electron chi connectivity index (χ1n) is 8.67. The molecule has 0 aromatic heterocycles. The molecule has 24 heavy (non-hydrogen) atoms. The molecule has 2 aliphatic rings. The van der Waals surface area contributed by atoms with E-state index in [2.05, 4.69) is 6.92 Å². The Morgan fingerprint density at radius 3 is 2.54 bits per heavy atom. The number of carbonyl (C=O) groups excluding carboxylic acids is 2. The number of ketones is 2. The summed E-state index contributed by atoms with van der Waals surface area (Å²) in [6, 6.07) is 3.45. The second-order valence-corrected chi connectivity index (χ2v) is 8.28. The van der Waals surface area contributed by atoms with Crippen molar-refractivity contribution >= 4 is 11.6 Å². The van der Waals surface area contributed by atoms with Gasteiger partial charge in [-0.1, -0.05) is 27.7 Å². The van der Waals surface area contributed by atoms with Crippen molar-refractivity contribution in [1.29, 1.82) is 0 Å². The smallest absolute Gasteiger partial charge is 0.163 e. The monoisotopic (exact) mass is 330 g/mol. The fraction of sp³-hybridized carbons (Fsp3) is 0.600. The van der Waals surface area contributed by atoms with Gasteiger partial charge in [0.25, 0.3) is 0 Å². The Labute approximate surface area is 142 Å². The van der Waals surface area contributed by atoms with Gasteiger partial charge in [-0.05, 0) is 41.0 Å². The highest BCUT2D eigenvalue weighted by Gasteiger charge is 2.55. The molecule has 4 nitrogen and oxygen atoms in total. The van der Waals surface area contributed by atoms with Gasteiger partial charge in [-0.2, -0.15) is 0 Å². The average molecular weight is 330 g/mol. The molecule has 0 saturated heterocycles. The summed E-state index contributed by atoms with van der Waals surface area (Å²) >= 11 is 0. The first-order chi connectivity index (χ1) is 11.1. The molecule has 0 heterocycles. The quantitative estimate of drug-likeness (QED) is 0.872. The predicted octanol–water partition coefficient (Wildman–Crippen LogP) is 3.34. The zero-order valence-electron chi connectivity index (χ0n) is 14.8. The van der Waals surface area contributed by atoms with Crippen molar-refractivity contribution in [1.82, 2.24) is 0 Å². The van der Waals surface area contributed by atoms with Gasteiger partial charge in [0, 0.05) is 36.3 Å². The van der Waals surface area contributed by atoms with Gasteiger partial charge in [-0.15, -0.1) is 0 Å². The highest BCUT2D eigenvalue weighted by molar-refractivity contribution is 6.01. The molecule has 0 aliphatic heterocycles. The first kappa shape index (κ1) is 17.2. The molecule has 130 valence electrons. The van der Waals surface area contributed by atoms with Gasteiger partial charge in [0.2, 0.25) is 0 Å². The maximum Gasteiger partial charge on any atom is 0.163 e. The zero-order chi connectivity index (χ0) is 17.9. The summed E-state index contributed by atoms with van der Waals surface area (Å²) in [6.07, 6.45) is 1.57. The molecule has 0 amide bonds. The molecule has 0 spiro atoms. The van der Waals surface area contributed by atoms with Crippen molar-refractivity contribution in [3.8, 4) is 5.75 Å². The standard InChI is InChI=1S/C20H26O4/c1-11(10-21)12-7-13-14(8-15(12)22)20(4)6-5-18(24)19(2,3)17(20)9-16(13)23/h7-8,11,17,21-22H,5-6,9-10H2,1-4H3. The van der Waals surface area contributed by atoms with Crippen LogP contribution in [0.3, 0.4) is 0 Å². The van der Waals surface area contributed by atoms with Crippen LogP contribution in [0, 0.1) is 11.3 Å². The van der Waals surface area contributed by atoms with Crippen LogP contribution in [0.1, 0.15) is 74.4 Å². The minimum atomic E-state index is -0.535. The SMILES string of the molecule is CC(CO)c1cc2c(cc1O)C1(C)CCC(=O)C(C)(C)C1CC2=O. The lowest BCUT2D eigenvalue weighted by atomic mass is 9.49. The van der Waals surface area contributed by atoms with Gasteiger partial charge >= 0.3 is 0 Å². The summed E-state index contributed by atoms with van der Waals surface area (Å²) in [6.45, 7) is 7.74. The number of fused-ring (bicyclic) bond motifs is 3. The molecule has 1 saturated carbocycles. The number of carbonyl (C=O) groups is 2. The molecular formula is C20H26O4. The van der Waals surface area contributed by atoms with E-state index < -0.39 is 5.41 Å². The zero-order valence-corrected chi connectivity index (χ0v) is 14.8. The van der Waals surface area contributed by atoms with E-state index in [1.807, 2.05) is 20.8 Å². The lowest BCUT2D eigenvalue weighted by molar-refractivity contribution is -0.136. The molecule has 0 radical (unpaired) electrons. The molecule has 3 atom stereocenters. The Balaban J connectivity index is 2.19. The van der Waals surface area contributed by atoms with Gasteiger partial charge in [0.15, 0.2) is 5.78 Å². The van der Waals surface area contributed by atoms with Crippen molar-refractivity contribution in [2.75, 3.05) is 6.61 Å². The number of phenols is 1. The van der Waals surface area contributed by atoms with Crippen LogP contribution in [0.15, 0.2) is 12.1 Å². The Morgan fingerprint density at radius 1 is 1.25 bits per heavy atom. The fourth-order valence-corrected chi connectivity index (χ4v) is 4.76. The van der Waals surface area contributed by atoms with Crippen molar-refractivity contribution in [2.45, 2.75) is 58.3 Å². The second kappa shape index (κ2) is 5.41. The number of rotatable bonds is 2. The Bertz CT molecular complexity index is 719. The first-order valence-corrected chi connectivity index (χ1v) is 8.67. The van der Waals surface area contributed by atoms with E-state index in [-0.39, 0.29) is 41.2 Å². The lowest BCUT2D eigenvalue weighted by Crippen LogP contribution is -2.53. The Morgan fingerprint density at radius 2 is 1.92 bits per heavy atom. The van der Waals surface area contributed by atoms with Gasteiger partial charge in [0.05, 0.1) is 0 Å². The highest BCUT2D eigenvalue weighted by atomic mass is 16.3. The Hall–Kier alpha value is -1.68. The Kier molecular flexibility index (Phi) is 3.87. The van der Waals surface area contributed by atoms with Gasteiger partial charge in [0.1, 0.15) is 11.5 Å². The number of Topliss-reactive ketones (excluding diaryl/α,β-unsaturated/α-hetero) is 2. The van der Waals surface area contributed by atoms with Crippen LogP contribution in [-0.4, -0.2) is 28.4 Å². The van der Waals surface area contributed by atoms with Gasteiger partial charge in [-0.25, -0.2) is 0 Å². The summed E-state index contributed by atoms with van der Waals surface area (Å²) in [5.74, 6) is 0.0991. The molecule has 4 heteroatoms. The molecular weight excluding hydrogens is 304 g/mol. The summed E-state index contributed by atoms with van der Waals surface area (Å²) in [5, 5.41) is 19.8. The van der Waals surface area contributed by atoms with Crippen LogP contribution in [0.4, 0.5) is 0 Å². The summed E-state index contributed by atoms with van der Waals surface area (Å²) in [5.41, 5.74) is 1.28. The normalized spacial score (nSPS) is 29.8. The number of phenolic OH excluding ortho intramolecular Hbond substituents is 1. The highest BCUT2D eigenvalue weighted by Crippen LogP contribution is 2.56. The minimum Gasteiger partial charge on any atom is -0.508 e. The number of hydrogen-bond donors (Lipinski definition) is 2. The van der Waals surface area contributed by atoms with Crippen LogP contribution in [0.5, 0.6) is 5.75 Å². The molecule has 2 aliphatic carbocycles. The van der Waals surface area contributed by atoms with Crippen LogP contribution < -0.4 is 0 Å². The fourth-order valence-electron chi connectivity index (χ4n) is 4.76. The number of benzene rings is 1. The predicted molar refractivity (Wildman–Crippen MR) is 91.4 cm³/mol. The van der Waals surface area contributed by atoms with E-state index >= 15 is 0 Å². The minimum absolute atomic E-state index is 0.0293. The molecule has 2 N–H and O–H groups in total. The van der Waals surface area contributed by atoms with Crippen molar-refractivity contribution in [2.24, 2.45) is 11.3 Å². The van der Waals surface area contributed by atoms with E-state index in [1.54, 1.807) is 12.1 Å². The molecule has 1 aromatic rings. The van der Waals surface area contributed by atoms with E-state index in [9.17, 15) is 19.8 Å². The van der Waals surface area contributed by atoms with Crippen molar-refractivity contribution in [3.63, 3.8) is 0 Å². The third-order valence-electron chi connectivity index (χ3n) is 6.51. The van der Waals surface area contributed by atoms with Gasteiger partial charge in [-0.3, -0.25) is 9.59 Å². The van der Waals surface area contributed by atoms with E-state index in [1.165, 1.54) is 0 Å². The third-order valence-corrected chi connectivity index (χ3v) is 6.51. The molecule has 1 aromatic carbocycles. The summed E-state index contributed by atoms with van der Waals surface area (Å²) in [7, 11) is 0. The maximum atomic E-state index is 12.8.